The van der Waals surface area contributed by atoms with Gasteiger partial charge in [-0.15, -0.1) is 0 Å². The van der Waals surface area contributed by atoms with Crippen LogP contribution in [0.25, 0.3) is 10.9 Å². The van der Waals surface area contributed by atoms with Gasteiger partial charge in [0, 0.05) is 59.9 Å². The SMILES string of the molecule is CNC1CCN(c2ccc(NC(=O)C(C)C(=O)Nc3cccc(Oc4ccnc5cc(OC)c(OC)cc45)c3)cc2C(F)(F)F)CC1. The molecule has 4 aromatic rings. The predicted molar refractivity (Wildman–Crippen MR) is 174 cm³/mol. The topological polar surface area (TPSA) is 114 Å². The van der Waals surface area contributed by atoms with Crippen LogP contribution in [0.5, 0.6) is 23.0 Å². The van der Waals surface area contributed by atoms with Gasteiger partial charge >= 0.3 is 6.18 Å². The number of halogens is 3. The summed E-state index contributed by atoms with van der Waals surface area (Å²) in [4.78, 5) is 32.1. The number of carbonyl (C=O) groups excluding carboxylic acids is 2. The molecule has 1 unspecified atom stereocenters. The highest BCUT2D eigenvalue weighted by atomic mass is 19.4. The zero-order chi connectivity index (χ0) is 33.7. The lowest BCUT2D eigenvalue weighted by molar-refractivity contribution is -0.137. The summed E-state index contributed by atoms with van der Waals surface area (Å²) in [6, 6.07) is 15.7. The van der Waals surface area contributed by atoms with Gasteiger partial charge < -0.3 is 35.1 Å². The zero-order valence-corrected chi connectivity index (χ0v) is 26.4. The molecule has 1 aliphatic rings. The summed E-state index contributed by atoms with van der Waals surface area (Å²) >= 11 is 0. The highest BCUT2D eigenvalue weighted by Gasteiger charge is 2.36. The third-order valence-electron chi connectivity index (χ3n) is 8.14. The Bertz CT molecular complexity index is 1760. The molecule has 0 saturated carbocycles. The predicted octanol–water partition coefficient (Wildman–Crippen LogP) is 6.46. The number of piperidine rings is 1. The van der Waals surface area contributed by atoms with E-state index in [-0.39, 0.29) is 17.4 Å². The molecule has 1 saturated heterocycles. The molecule has 2 amide bonds. The number of rotatable bonds is 10. The molecule has 1 aliphatic heterocycles. The molecule has 47 heavy (non-hydrogen) atoms. The molecule has 1 atom stereocenters. The number of ether oxygens (including phenoxy) is 3. The Morgan fingerprint density at radius 2 is 1.55 bits per heavy atom. The lowest BCUT2D eigenvalue weighted by Gasteiger charge is -2.35. The number of fused-ring (bicyclic) bond motifs is 1. The van der Waals surface area contributed by atoms with Crippen molar-refractivity contribution in [1.29, 1.82) is 0 Å². The van der Waals surface area contributed by atoms with Gasteiger partial charge in [0.25, 0.3) is 0 Å². The highest BCUT2D eigenvalue weighted by molar-refractivity contribution is 6.10. The van der Waals surface area contributed by atoms with Crippen LogP contribution in [-0.4, -0.2) is 57.2 Å². The number of alkyl halides is 3. The van der Waals surface area contributed by atoms with Crippen molar-refractivity contribution in [3.63, 3.8) is 0 Å². The Morgan fingerprint density at radius 3 is 2.19 bits per heavy atom. The maximum Gasteiger partial charge on any atom is 0.418 e. The normalized spacial score (nSPS) is 14.4. The number of hydrogen-bond acceptors (Lipinski definition) is 8. The number of methoxy groups -OCH3 is 2. The fourth-order valence-corrected chi connectivity index (χ4v) is 5.45. The van der Waals surface area contributed by atoms with Crippen LogP contribution in [0, 0.1) is 5.92 Å². The third kappa shape index (κ3) is 7.68. The minimum Gasteiger partial charge on any atom is -0.493 e. The summed E-state index contributed by atoms with van der Waals surface area (Å²) in [5.41, 5.74) is 0.152. The molecule has 13 heteroatoms. The van der Waals surface area contributed by atoms with Crippen molar-refractivity contribution < 1.29 is 37.0 Å². The van der Waals surface area contributed by atoms with E-state index in [0.717, 1.165) is 18.9 Å². The second-order valence-electron chi connectivity index (χ2n) is 11.1. The van der Waals surface area contributed by atoms with Crippen LogP contribution in [0.2, 0.25) is 0 Å². The summed E-state index contributed by atoms with van der Waals surface area (Å²) in [5.74, 6) is -0.715. The number of pyridine rings is 1. The first-order valence-electron chi connectivity index (χ1n) is 15.0. The smallest absolute Gasteiger partial charge is 0.418 e. The van der Waals surface area contributed by atoms with Crippen LogP contribution in [0.3, 0.4) is 0 Å². The molecule has 1 fully saturated rings. The summed E-state index contributed by atoms with van der Waals surface area (Å²) in [6.07, 6.45) is -1.60. The Labute approximate surface area is 270 Å². The lowest BCUT2D eigenvalue weighted by atomic mass is 10.0. The van der Waals surface area contributed by atoms with Gasteiger partial charge in [0.15, 0.2) is 11.5 Å². The van der Waals surface area contributed by atoms with Crippen molar-refractivity contribution in [1.82, 2.24) is 10.3 Å². The summed E-state index contributed by atoms with van der Waals surface area (Å²) < 4.78 is 59.1. The third-order valence-corrected chi connectivity index (χ3v) is 8.14. The molecule has 0 aliphatic carbocycles. The number of anilines is 3. The fourth-order valence-electron chi connectivity index (χ4n) is 5.45. The summed E-state index contributed by atoms with van der Waals surface area (Å²) in [7, 11) is 4.90. The zero-order valence-electron chi connectivity index (χ0n) is 26.4. The van der Waals surface area contributed by atoms with Crippen molar-refractivity contribution in [3.05, 3.63) is 72.4 Å². The molecule has 0 radical (unpaired) electrons. The van der Waals surface area contributed by atoms with Gasteiger partial charge in [-0.05, 0) is 69.3 Å². The first-order valence-corrected chi connectivity index (χ1v) is 15.0. The molecular weight excluding hydrogens is 615 g/mol. The first-order chi connectivity index (χ1) is 22.5. The summed E-state index contributed by atoms with van der Waals surface area (Å²) in [5, 5.41) is 8.99. The Morgan fingerprint density at radius 1 is 0.894 bits per heavy atom. The Balaban J connectivity index is 1.26. The fraction of sp³-hybridized carbons (Fsp3) is 0.324. The standard InChI is InChI=1S/C34H36F3N5O5/c1-20(33(44)41-23-8-9-28(26(17-23)34(35,36)37)42-14-11-21(38-2)12-15-42)32(43)40-22-6-5-7-24(16-22)47-29-10-13-39-27-19-31(46-4)30(45-3)18-25(27)29/h5-10,13,16-21,38H,11-12,14-15H2,1-4H3,(H,40,43)(H,41,44). The van der Waals surface area contributed by atoms with E-state index in [1.54, 1.807) is 53.6 Å². The van der Waals surface area contributed by atoms with E-state index in [1.165, 1.54) is 33.3 Å². The number of hydrogen-bond donors (Lipinski definition) is 3. The van der Waals surface area contributed by atoms with Crippen LogP contribution in [-0.2, 0) is 15.8 Å². The quantitative estimate of drug-likeness (QED) is 0.167. The van der Waals surface area contributed by atoms with Gasteiger partial charge in [0.1, 0.15) is 17.4 Å². The maximum atomic E-state index is 14.1. The molecule has 3 aromatic carbocycles. The average Bonchev–Trinajstić information content (AvgIpc) is 3.07. The van der Waals surface area contributed by atoms with E-state index in [1.807, 2.05) is 7.05 Å². The highest BCUT2D eigenvalue weighted by Crippen LogP contribution is 2.40. The van der Waals surface area contributed by atoms with Crippen LogP contribution in [0.15, 0.2) is 66.9 Å². The van der Waals surface area contributed by atoms with Crippen molar-refractivity contribution in [3.8, 4) is 23.0 Å². The van der Waals surface area contributed by atoms with Crippen LogP contribution < -0.4 is 35.1 Å². The van der Waals surface area contributed by atoms with E-state index in [4.69, 9.17) is 14.2 Å². The van der Waals surface area contributed by atoms with Crippen molar-refractivity contribution in [2.24, 2.45) is 5.92 Å². The summed E-state index contributed by atoms with van der Waals surface area (Å²) in [6.45, 7) is 2.33. The molecule has 1 aromatic heterocycles. The van der Waals surface area contributed by atoms with Crippen molar-refractivity contribution in [2.45, 2.75) is 32.0 Å². The molecule has 0 bridgehead atoms. The van der Waals surface area contributed by atoms with Gasteiger partial charge in [-0.25, -0.2) is 0 Å². The van der Waals surface area contributed by atoms with E-state index in [0.29, 0.717) is 52.7 Å². The largest absolute Gasteiger partial charge is 0.493 e. The number of aromatic nitrogens is 1. The van der Waals surface area contributed by atoms with Crippen molar-refractivity contribution in [2.75, 3.05) is 49.9 Å². The van der Waals surface area contributed by atoms with Gasteiger partial charge in [-0.1, -0.05) is 6.07 Å². The van der Waals surface area contributed by atoms with Crippen LogP contribution in [0.4, 0.5) is 30.2 Å². The molecule has 0 spiro atoms. The van der Waals surface area contributed by atoms with Gasteiger partial charge in [-0.2, -0.15) is 13.2 Å². The lowest BCUT2D eigenvalue weighted by Crippen LogP contribution is -2.41. The average molecular weight is 652 g/mol. The molecule has 2 heterocycles. The van der Waals surface area contributed by atoms with Gasteiger partial charge in [0.05, 0.1) is 25.3 Å². The van der Waals surface area contributed by atoms with Crippen molar-refractivity contribution >= 4 is 39.8 Å². The van der Waals surface area contributed by atoms with Crippen LogP contribution in [0.1, 0.15) is 25.3 Å². The van der Waals surface area contributed by atoms with E-state index in [2.05, 4.69) is 20.9 Å². The number of nitrogens with one attached hydrogen (secondary N) is 3. The molecule has 248 valence electrons. The Hall–Kier alpha value is -5.04. The molecule has 10 nitrogen and oxygen atoms in total. The van der Waals surface area contributed by atoms with E-state index < -0.39 is 29.5 Å². The van der Waals surface area contributed by atoms with E-state index in [9.17, 15) is 22.8 Å². The number of carbonyl (C=O) groups is 2. The first kappa shape index (κ1) is 33.3. The monoisotopic (exact) mass is 651 g/mol. The maximum absolute atomic E-state index is 14.1. The van der Waals surface area contributed by atoms with Gasteiger partial charge in [0.2, 0.25) is 11.8 Å². The van der Waals surface area contributed by atoms with Gasteiger partial charge in [-0.3, -0.25) is 14.6 Å². The van der Waals surface area contributed by atoms with E-state index >= 15 is 0 Å². The van der Waals surface area contributed by atoms with Crippen LogP contribution >= 0.6 is 0 Å². The Kier molecular flexibility index (Phi) is 10.0. The molecule has 3 N–H and O–H groups in total. The number of amides is 2. The second kappa shape index (κ2) is 14.2. The minimum absolute atomic E-state index is 0.0509. The number of nitrogens with zero attached hydrogens (tertiary/aromatic N) is 2. The molecule has 5 rings (SSSR count). The number of benzene rings is 3. The minimum atomic E-state index is -4.63. The second-order valence-corrected chi connectivity index (χ2v) is 11.1. The molecular formula is C34H36F3N5O5.